The molecule has 3 N–H and O–H groups in total. The van der Waals surface area contributed by atoms with Gasteiger partial charge in [-0.25, -0.2) is 15.0 Å². The molecule has 0 unspecified atom stereocenters. The van der Waals surface area contributed by atoms with E-state index in [2.05, 4.69) is 30.6 Å². The Balaban J connectivity index is 0.000000377. The van der Waals surface area contributed by atoms with Gasteiger partial charge in [-0.2, -0.15) is 21.6 Å². The molecule has 3 heterocycles. The topological polar surface area (TPSA) is 152 Å². The van der Waals surface area contributed by atoms with Gasteiger partial charge in [-0.05, 0) is 87.0 Å². The van der Waals surface area contributed by atoms with Crippen LogP contribution in [0.2, 0.25) is 0 Å². The summed E-state index contributed by atoms with van der Waals surface area (Å²) in [5.41, 5.74) is 4.05. The second-order valence-corrected chi connectivity index (χ2v) is 12.5. The molecule has 11 nitrogen and oxygen atoms in total. The summed E-state index contributed by atoms with van der Waals surface area (Å²) in [7, 11) is -4.02. The number of rotatable bonds is 7. The molecule has 256 valence electrons. The van der Waals surface area contributed by atoms with Crippen molar-refractivity contribution in [2.45, 2.75) is 31.8 Å². The number of alkyl halides is 3. The molecule has 6 rings (SSSR count). The monoisotopic (exact) mass is 701 g/mol. The zero-order chi connectivity index (χ0) is 36.1. The lowest BCUT2D eigenvalue weighted by Gasteiger charge is -2.14. The van der Waals surface area contributed by atoms with E-state index < -0.39 is 27.8 Å². The van der Waals surface area contributed by atoms with Crippen molar-refractivity contribution in [2.75, 3.05) is 10.6 Å². The van der Waals surface area contributed by atoms with E-state index in [0.717, 1.165) is 28.8 Å². The fourth-order valence-electron chi connectivity index (χ4n) is 4.58. The van der Waals surface area contributed by atoms with Crippen molar-refractivity contribution in [3.8, 4) is 16.9 Å². The summed E-state index contributed by atoms with van der Waals surface area (Å²) in [6.07, 6.45) is 3.38. The van der Waals surface area contributed by atoms with Gasteiger partial charge in [0.05, 0.1) is 28.2 Å². The normalized spacial score (nSPS) is 11.3. The van der Waals surface area contributed by atoms with Crippen LogP contribution in [-0.4, -0.2) is 43.4 Å². The van der Waals surface area contributed by atoms with Gasteiger partial charge >= 0.3 is 6.18 Å². The first-order valence-electron chi connectivity index (χ1n) is 14.9. The number of aromatic nitrogens is 5. The van der Waals surface area contributed by atoms with E-state index in [9.17, 15) is 26.4 Å². The quantitative estimate of drug-likeness (QED) is 0.143. The highest BCUT2D eigenvalue weighted by atomic mass is 32.2. The minimum absolute atomic E-state index is 0.00114. The second-order valence-electron chi connectivity index (χ2n) is 11.1. The second kappa shape index (κ2) is 14.7. The van der Waals surface area contributed by atoms with Crippen LogP contribution in [0.1, 0.15) is 32.7 Å². The number of nitrogens with one attached hydrogen (secondary N) is 2. The number of aryl methyl sites for hydroxylation is 3. The minimum atomic E-state index is -4.60. The molecule has 0 saturated heterocycles. The third-order valence-corrected chi connectivity index (χ3v) is 8.06. The highest BCUT2D eigenvalue weighted by molar-refractivity contribution is 7.85. The molecule has 0 bridgehead atoms. The molecule has 0 aliphatic rings. The smallest absolute Gasteiger partial charge is 0.324 e. The first-order chi connectivity index (χ1) is 23.7. The van der Waals surface area contributed by atoms with Crippen molar-refractivity contribution in [3.05, 3.63) is 138 Å². The van der Waals surface area contributed by atoms with Crippen LogP contribution in [-0.2, 0) is 16.3 Å². The summed E-state index contributed by atoms with van der Waals surface area (Å²) in [6.45, 7) is 5.42. The maximum atomic E-state index is 13.6. The number of anilines is 3. The van der Waals surface area contributed by atoms with Crippen molar-refractivity contribution in [3.63, 3.8) is 0 Å². The lowest BCUT2D eigenvalue weighted by Crippen LogP contribution is -2.14. The summed E-state index contributed by atoms with van der Waals surface area (Å²) in [5, 5.41) is 5.71. The van der Waals surface area contributed by atoms with E-state index in [1.165, 1.54) is 29.1 Å². The Hall–Kier alpha value is -5.93. The highest BCUT2D eigenvalue weighted by Crippen LogP contribution is 2.33. The molecule has 15 heteroatoms. The molecule has 6 aromatic rings. The van der Waals surface area contributed by atoms with Crippen LogP contribution in [0.25, 0.3) is 16.9 Å². The fraction of sp³-hybridized carbons (Fsp3) is 0.114. The van der Waals surface area contributed by atoms with Crippen molar-refractivity contribution in [2.24, 2.45) is 0 Å². The number of halogens is 3. The van der Waals surface area contributed by atoms with Gasteiger partial charge in [0.1, 0.15) is 0 Å². The maximum absolute atomic E-state index is 13.6. The molecule has 0 aliphatic carbocycles. The summed E-state index contributed by atoms with van der Waals surface area (Å²) in [5.74, 6) is -0.259. The summed E-state index contributed by atoms with van der Waals surface area (Å²) < 4.78 is 71.8. The Labute approximate surface area is 285 Å². The number of carbonyl (C=O) groups excluding carboxylic acids is 1. The van der Waals surface area contributed by atoms with Gasteiger partial charge in [-0.15, -0.1) is 0 Å². The predicted molar refractivity (Wildman–Crippen MR) is 182 cm³/mol. The first-order valence-corrected chi connectivity index (χ1v) is 16.3. The van der Waals surface area contributed by atoms with Crippen LogP contribution in [0.15, 0.2) is 115 Å². The molecular formula is C35H30F3N7O4S. The molecule has 0 spiro atoms. The van der Waals surface area contributed by atoms with E-state index in [1.54, 1.807) is 74.2 Å². The molecule has 3 aromatic heterocycles. The molecular weight excluding hydrogens is 671 g/mol. The Bertz CT molecular complexity index is 2240. The number of amides is 1. The van der Waals surface area contributed by atoms with Crippen LogP contribution in [0.4, 0.5) is 30.5 Å². The van der Waals surface area contributed by atoms with E-state index in [1.807, 2.05) is 19.9 Å². The number of carbonyl (C=O) groups is 1. The lowest BCUT2D eigenvalue weighted by molar-refractivity contribution is -0.137. The maximum Gasteiger partial charge on any atom is 0.416 e. The Morgan fingerprint density at radius 3 is 2.30 bits per heavy atom. The molecule has 0 aliphatic heterocycles. The van der Waals surface area contributed by atoms with Gasteiger partial charge in [-0.1, -0.05) is 23.8 Å². The molecule has 0 fully saturated rings. The number of pyridine rings is 1. The molecule has 50 heavy (non-hydrogen) atoms. The Morgan fingerprint density at radius 1 is 0.900 bits per heavy atom. The third-order valence-electron chi connectivity index (χ3n) is 7.19. The first kappa shape index (κ1) is 35.4. The van der Waals surface area contributed by atoms with Gasteiger partial charge < -0.3 is 15.2 Å². The number of benzene rings is 3. The van der Waals surface area contributed by atoms with Gasteiger partial charge in [0.2, 0.25) is 5.95 Å². The third kappa shape index (κ3) is 9.15. The van der Waals surface area contributed by atoms with E-state index >= 15 is 0 Å². The summed E-state index contributed by atoms with van der Waals surface area (Å²) in [6, 6.07) is 19.7. The Kier molecular flexibility index (Phi) is 10.4. The van der Waals surface area contributed by atoms with Crippen molar-refractivity contribution < 1.29 is 30.9 Å². The summed E-state index contributed by atoms with van der Waals surface area (Å²) >= 11 is 0. The van der Waals surface area contributed by atoms with Gasteiger partial charge in [0, 0.05) is 53.0 Å². The van der Waals surface area contributed by atoms with Gasteiger partial charge in [0.25, 0.3) is 16.0 Å². The zero-order valence-corrected chi connectivity index (χ0v) is 27.7. The van der Waals surface area contributed by atoms with Crippen molar-refractivity contribution in [1.29, 1.82) is 0 Å². The molecule has 3 aromatic carbocycles. The van der Waals surface area contributed by atoms with E-state index in [0.29, 0.717) is 23.0 Å². The molecule has 0 atom stereocenters. The molecule has 0 radical (unpaired) electrons. The van der Waals surface area contributed by atoms with Gasteiger partial charge in [-0.3, -0.25) is 14.3 Å². The van der Waals surface area contributed by atoms with E-state index in [-0.39, 0.29) is 21.8 Å². The van der Waals surface area contributed by atoms with Gasteiger partial charge in [0.15, 0.2) is 0 Å². The fourth-order valence-corrected chi connectivity index (χ4v) is 5.06. The number of nitrogens with zero attached hydrogens (tertiary/aromatic N) is 5. The SMILES string of the molecule is Cc1ccc(S(=O)(=O)O)cc1.Cc1cn(-c2cc(NC(=O)c3ccc(C)c(Nc4nccc(-c5cccnc5)n4)c3)cc(C(F)(F)F)c2)cn1. The van der Waals surface area contributed by atoms with E-state index in [4.69, 9.17) is 4.55 Å². The number of hydrogen-bond acceptors (Lipinski definition) is 8. The van der Waals surface area contributed by atoms with Crippen LogP contribution in [0.5, 0.6) is 0 Å². The average Bonchev–Trinajstić information content (AvgIpc) is 3.52. The zero-order valence-electron chi connectivity index (χ0n) is 26.8. The standard InChI is InChI=1S/C28H22F3N7O.C7H8O3S/c1-17-5-6-19(10-25(17)37-27-33-9-7-24(36-27)20-4-3-8-32-14-20)26(39)35-22-11-21(28(29,30)31)12-23(13-22)38-15-18(2)34-16-38;1-6-2-4-7(5-3-6)11(8,9)10/h3-16H,1-2H3,(H,35,39)(H,33,36,37);2-5H,1H3,(H,8,9,10). The highest BCUT2D eigenvalue weighted by Gasteiger charge is 2.31. The predicted octanol–water partition coefficient (Wildman–Crippen LogP) is 7.60. The van der Waals surface area contributed by atoms with Crippen LogP contribution in [0, 0.1) is 20.8 Å². The number of hydrogen-bond donors (Lipinski definition) is 3. The molecule has 1 amide bonds. The number of imidazole rings is 1. The van der Waals surface area contributed by atoms with Crippen LogP contribution < -0.4 is 10.6 Å². The van der Waals surface area contributed by atoms with Crippen molar-refractivity contribution in [1.82, 2.24) is 24.5 Å². The van der Waals surface area contributed by atoms with Crippen LogP contribution >= 0.6 is 0 Å². The van der Waals surface area contributed by atoms with Crippen molar-refractivity contribution >= 4 is 33.3 Å². The minimum Gasteiger partial charge on any atom is -0.324 e. The largest absolute Gasteiger partial charge is 0.416 e. The molecule has 0 saturated carbocycles. The van der Waals surface area contributed by atoms with Crippen LogP contribution in [0.3, 0.4) is 0 Å². The Morgan fingerprint density at radius 2 is 1.66 bits per heavy atom. The summed E-state index contributed by atoms with van der Waals surface area (Å²) in [4.78, 5) is 30.0. The average molecular weight is 702 g/mol. The lowest BCUT2D eigenvalue weighted by atomic mass is 10.1.